The second kappa shape index (κ2) is 9.41. The third kappa shape index (κ3) is 4.43. The summed E-state index contributed by atoms with van der Waals surface area (Å²) < 4.78 is 33.1. The first kappa shape index (κ1) is 23.5. The summed E-state index contributed by atoms with van der Waals surface area (Å²) in [5, 5.41) is 0. The fourth-order valence-corrected chi connectivity index (χ4v) is 5.33. The fourth-order valence-electron chi connectivity index (χ4n) is 5.33. The molecule has 1 saturated heterocycles. The summed E-state index contributed by atoms with van der Waals surface area (Å²) in [6.45, 7) is -0.268. The SMILES string of the molecule is C#CC1(COC(=O)C2CCCC2)OC(n2cnc3c(N)nc(F)nc32)CC1OC(=O)C1CCCC1. The third-order valence-corrected chi connectivity index (χ3v) is 7.32. The van der Waals surface area contributed by atoms with E-state index in [1.807, 2.05) is 0 Å². The third-order valence-electron chi connectivity index (χ3n) is 7.32. The van der Waals surface area contributed by atoms with Crippen LogP contribution in [0.5, 0.6) is 0 Å². The molecule has 2 saturated carbocycles. The molecule has 3 unspecified atom stereocenters. The Balaban J connectivity index is 1.42. The van der Waals surface area contributed by atoms with Gasteiger partial charge in [0.2, 0.25) is 5.60 Å². The van der Waals surface area contributed by atoms with Crippen molar-refractivity contribution in [3.8, 4) is 12.3 Å². The zero-order valence-electron chi connectivity index (χ0n) is 19.3. The van der Waals surface area contributed by atoms with Gasteiger partial charge in [0.1, 0.15) is 18.9 Å². The van der Waals surface area contributed by atoms with E-state index in [9.17, 15) is 14.0 Å². The van der Waals surface area contributed by atoms with Crippen molar-refractivity contribution in [3.05, 3.63) is 12.4 Å². The lowest BCUT2D eigenvalue weighted by Crippen LogP contribution is -2.46. The van der Waals surface area contributed by atoms with E-state index in [0.717, 1.165) is 51.4 Å². The van der Waals surface area contributed by atoms with Crippen molar-refractivity contribution >= 4 is 28.9 Å². The molecule has 3 aliphatic rings. The van der Waals surface area contributed by atoms with E-state index in [1.165, 1.54) is 10.9 Å². The van der Waals surface area contributed by atoms with Crippen LogP contribution in [0.1, 0.15) is 64.0 Å². The zero-order chi connectivity index (χ0) is 24.6. The normalized spacial score (nSPS) is 27.3. The molecule has 2 aromatic rings. The number of ether oxygens (including phenoxy) is 3. The molecule has 0 radical (unpaired) electrons. The molecule has 2 aromatic heterocycles. The molecule has 10 nitrogen and oxygen atoms in total. The minimum Gasteiger partial charge on any atom is -0.461 e. The zero-order valence-corrected chi connectivity index (χ0v) is 19.3. The highest BCUT2D eigenvalue weighted by atomic mass is 19.1. The van der Waals surface area contributed by atoms with Gasteiger partial charge < -0.3 is 19.9 Å². The second-order valence-electron chi connectivity index (χ2n) is 9.54. The Kier molecular flexibility index (Phi) is 6.32. The number of aromatic nitrogens is 4. The molecule has 0 bridgehead atoms. The van der Waals surface area contributed by atoms with Gasteiger partial charge in [0.25, 0.3) is 0 Å². The molecule has 11 heteroatoms. The molecule has 35 heavy (non-hydrogen) atoms. The highest BCUT2D eigenvalue weighted by Crippen LogP contribution is 2.41. The Morgan fingerprint density at radius 2 is 1.83 bits per heavy atom. The maximum Gasteiger partial charge on any atom is 0.312 e. The number of esters is 2. The van der Waals surface area contributed by atoms with Crippen molar-refractivity contribution in [2.45, 2.75) is 75.7 Å². The van der Waals surface area contributed by atoms with E-state index in [1.54, 1.807) is 0 Å². The van der Waals surface area contributed by atoms with Gasteiger partial charge in [0.05, 0.1) is 18.2 Å². The summed E-state index contributed by atoms with van der Waals surface area (Å²) in [6, 6.07) is 0. The van der Waals surface area contributed by atoms with Gasteiger partial charge in [-0.1, -0.05) is 31.6 Å². The van der Waals surface area contributed by atoms with Crippen molar-refractivity contribution in [2.24, 2.45) is 11.8 Å². The van der Waals surface area contributed by atoms with Crippen LogP contribution in [0.25, 0.3) is 11.2 Å². The molecule has 5 rings (SSSR count). The Hall–Kier alpha value is -3.26. The van der Waals surface area contributed by atoms with Crippen LogP contribution in [-0.4, -0.2) is 49.8 Å². The van der Waals surface area contributed by atoms with Gasteiger partial charge in [-0.05, 0) is 25.7 Å². The van der Waals surface area contributed by atoms with Crippen molar-refractivity contribution in [2.75, 3.05) is 12.3 Å². The van der Waals surface area contributed by atoms with Crippen LogP contribution >= 0.6 is 0 Å². The largest absolute Gasteiger partial charge is 0.461 e. The molecule has 0 aromatic carbocycles. The minimum absolute atomic E-state index is 0.109. The van der Waals surface area contributed by atoms with Crippen LogP contribution in [-0.2, 0) is 23.8 Å². The van der Waals surface area contributed by atoms with Crippen LogP contribution < -0.4 is 5.73 Å². The van der Waals surface area contributed by atoms with E-state index in [-0.39, 0.29) is 53.8 Å². The first-order valence-corrected chi connectivity index (χ1v) is 12.1. The molecule has 186 valence electrons. The quantitative estimate of drug-likeness (QED) is 0.373. The van der Waals surface area contributed by atoms with Gasteiger partial charge in [0, 0.05) is 6.42 Å². The van der Waals surface area contributed by atoms with Crippen molar-refractivity contribution < 1.29 is 28.2 Å². The number of hydrogen-bond donors (Lipinski definition) is 1. The van der Waals surface area contributed by atoms with E-state index in [0.29, 0.717) is 0 Å². The second-order valence-corrected chi connectivity index (χ2v) is 9.54. The molecular weight excluding hydrogens is 457 g/mol. The Bertz CT molecular complexity index is 1170. The smallest absolute Gasteiger partial charge is 0.312 e. The van der Waals surface area contributed by atoms with E-state index in [2.05, 4.69) is 20.9 Å². The monoisotopic (exact) mass is 485 g/mol. The van der Waals surface area contributed by atoms with Crippen molar-refractivity contribution in [1.29, 1.82) is 0 Å². The average molecular weight is 486 g/mol. The molecule has 2 aliphatic carbocycles. The first-order chi connectivity index (χ1) is 16.9. The first-order valence-electron chi connectivity index (χ1n) is 12.1. The number of hydrogen-bond acceptors (Lipinski definition) is 9. The highest BCUT2D eigenvalue weighted by molar-refractivity contribution is 5.81. The molecule has 0 amide bonds. The number of terminal acetylenes is 1. The summed E-state index contributed by atoms with van der Waals surface area (Å²) in [4.78, 5) is 37.0. The number of anilines is 1. The lowest BCUT2D eigenvalue weighted by Gasteiger charge is -2.29. The predicted octanol–water partition coefficient (Wildman–Crippen LogP) is 2.67. The summed E-state index contributed by atoms with van der Waals surface area (Å²) in [5.74, 6) is 1.45. The average Bonchev–Trinajstić information content (AvgIpc) is 3.64. The lowest BCUT2D eigenvalue weighted by molar-refractivity contribution is -0.171. The van der Waals surface area contributed by atoms with Gasteiger partial charge in [-0.2, -0.15) is 14.4 Å². The Morgan fingerprint density at radius 3 is 2.49 bits per heavy atom. The predicted molar refractivity (Wildman–Crippen MR) is 121 cm³/mol. The summed E-state index contributed by atoms with van der Waals surface area (Å²) in [6.07, 6.45) is 11.7. The van der Waals surface area contributed by atoms with Crippen molar-refractivity contribution in [3.63, 3.8) is 0 Å². The number of nitrogen functional groups attached to an aromatic ring is 1. The molecule has 3 atom stereocenters. The van der Waals surface area contributed by atoms with Crippen LogP contribution in [0.2, 0.25) is 0 Å². The molecule has 0 spiro atoms. The Morgan fingerprint density at radius 1 is 1.17 bits per heavy atom. The number of imidazole rings is 1. The van der Waals surface area contributed by atoms with Crippen LogP contribution in [0.15, 0.2) is 6.33 Å². The van der Waals surface area contributed by atoms with Crippen LogP contribution in [0.3, 0.4) is 0 Å². The molecule has 1 aliphatic heterocycles. The van der Waals surface area contributed by atoms with Crippen molar-refractivity contribution in [1.82, 2.24) is 19.5 Å². The molecular formula is C24H28FN5O5. The topological polar surface area (TPSA) is 131 Å². The van der Waals surface area contributed by atoms with E-state index >= 15 is 0 Å². The lowest BCUT2D eigenvalue weighted by atomic mass is 9.97. The molecule has 3 heterocycles. The number of rotatable bonds is 6. The van der Waals surface area contributed by atoms with Crippen LogP contribution in [0, 0.1) is 30.3 Å². The highest BCUT2D eigenvalue weighted by Gasteiger charge is 2.53. The minimum atomic E-state index is -1.51. The number of carbonyl (C=O) groups is 2. The summed E-state index contributed by atoms with van der Waals surface area (Å²) in [7, 11) is 0. The van der Waals surface area contributed by atoms with E-state index < -0.39 is 24.0 Å². The van der Waals surface area contributed by atoms with Gasteiger partial charge in [0.15, 0.2) is 17.0 Å². The Labute approximate surface area is 201 Å². The van der Waals surface area contributed by atoms with Gasteiger partial charge in [-0.25, -0.2) is 4.98 Å². The fraction of sp³-hybridized carbons (Fsp3) is 0.625. The van der Waals surface area contributed by atoms with Gasteiger partial charge >= 0.3 is 18.0 Å². The maximum absolute atomic E-state index is 13.9. The molecule has 2 N–H and O–H groups in total. The number of nitrogens with two attached hydrogens (primary N) is 1. The summed E-state index contributed by atoms with van der Waals surface area (Å²) >= 11 is 0. The van der Waals surface area contributed by atoms with Gasteiger partial charge in [-0.15, -0.1) is 6.42 Å². The molecule has 3 fully saturated rings. The summed E-state index contributed by atoms with van der Waals surface area (Å²) in [5.41, 5.74) is 4.60. The van der Waals surface area contributed by atoms with Crippen LogP contribution in [0.4, 0.5) is 10.2 Å². The maximum atomic E-state index is 13.9. The standard InChI is InChI=1S/C24H28FN5O5/c1-2-24(12-33-21(31)14-7-3-4-8-14)16(34-22(32)15-9-5-6-10-15)11-17(35-24)30-13-27-18-19(26)28-23(25)29-20(18)30/h1,13-17H,3-12H2,(H2,26,28,29). The van der Waals surface area contributed by atoms with E-state index in [4.69, 9.17) is 26.4 Å². The number of carbonyl (C=O) groups excluding carboxylic acids is 2. The van der Waals surface area contributed by atoms with Gasteiger partial charge in [-0.3, -0.25) is 14.2 Å². The number of fused-ring (bicyclic) bond motifs is 1. The number of halogens is 1. The number of nitrogens with zero attached hydrogens (tertiary/aromatic N) is 4.